The molecule has 7 nitrogen and oxygen atoms in total. The highest BCUT2D eigenvalue weighted by molar-refractivity contribution is 5.95. The largest absolute Gasteiger partial charge is 0.416 e. The number of nitrogens with one attached hydrogen (secondary N) is 1. The van der Waals surface area contributed by atoms with Crippen LogP contribution in [-0.4, -0.2) is 33.7 Å². The summed E-state index contributed by atoms with van der Waals surface area (Å²) in [6.07, 6.45) is -1.44. The van der Waals surface area contributed by atoms with Gasteiger partial charge in [-0.15, -0.1) is 0 Å². The number of rotatable bonds is 7. The van der Waals surface area contributed by atoms with Crippen LogP contribution in [0.4, 0.5) is 18.9 Å². The van der Waals surface area contributed by atoms with Crippen molar-refractivity contribution >= 4 is 22.6 Å². The quantitative estimate of drug-likeness (QED) is 0.440. The monoisotopic (exact) mass is 470 g/mol. The van der Waals surface area contributed by atoms with Gasteiger partial charge >= 0.3 is 6.18 Å². The summed E-state index contributed by atoms with van der Waals surface area (Å²) in [5.41, 5.74) is 0.914. The molecule has 0 atom stereocenters. The van der Waals surface area contributed by atoms with Crippen molar-refractivity contribution in [1.29, 1.82) is 0 Å². The second-order valence-electron chi connectivity index (χ2n) is 7.60. The van der Waals surface area contributed by atoms with Crippen molar-refractivity contribution < 1.29 is 22.7 Å². The summed E-state index contributed by atoms with van der Waals surface area (Å²) in [4.78, 5) is 30.4. The van der Waals surface area contributed by atoms with E-state index >= 15 is 0 Å². The van der Waals surface area contributed by atoms with Crippen LogP contribution < -0.4 is 10.9 Å². The molecule has 10 heteroatoms. The Bertz CT molecular complexity index is 1380. The van der Waals surface area contributed by atoms with Crippen molar-refractivity contribution in [2.45, 2.75) is 19.3 Å². The van der Waals surface area contributed by atoms with Crippen LogP contribution in [0, 0.1) is 0 Å². The van der Waals surface area contributed by atoms with Crippen molar-refractivity contribution in [2.24, 2.45) is 0 Å². The van der Waals surface area contributed by atoms with Gasteiger partial charge < -0.3 is 14.6 Å². The summed E-state index contributed by atoms with van der Waals surface area (Å²) in [5, 5.41) is 2.48. The van der Waals surface area contributed by atoms with Gasteiger partial charge in [-0.3, -0.25) is 14.2 Å². The van der Waals surface area contributed by atoms with Crippen LogP contribution in [0.1, 0.15) is 5.56 Å². The van der Waals surface area contributed by atoms with E-state index < -0.39 is 17.6 Å². The number of carbonyl (C=O) groups is 1. The molecule has 2 heterocycles. The van der Waals surface area contributed by atoms with Gasteiger partial charge in [0.15, 0.2) is 0 Å². The minimum absolute atomic E-state index is 0.00944. The molecule has 4 aromatic rings. The number of carbonyl (C=O) groups excluding carboxylic acids is 1. The highest BCUT2D eigenvalue weighted by Crippen LogP contribution is 2.31. The molecule has 1 N–H and O–H groups in total. The maximum Gasteiger partial charge on any atom is 0.416 e. The number of ether oxygens (including phenoxy) is 1. The first-order valence-corrected chi connectivity index (χ1v) is 10.4. The molecule has 0 saturated carbocycles. The second kappa shape index (κ2) is 9.52. The van der Waals surface area contributed by atoms with E-state index in [0.29, 0.717) is 17.7 Å². The number of aromatic nitrogens is 3. The van der Waals surface area contributed by atoms with Crippen LogP contribution in [0.5, 0.6) is 0 Å². The van der Waals surface area contributed by atoms with Crippen molar-refractivity contribution in [2.75, 3.05) is 19.0 Å². The molecule has 0 aliphatic carbocycles. The Morgan fingerprint density at radius 2 is 1.85 bits per heavy atom. The van der Waals surface area contributed by atoms with Crippen LogP contribution in [-0.2, 0) is 28.8 Å². The maximum atomic E-state index is 13.2. The van der Waals surface area contributed by atoms with Crippen LogP contribution in [0.15, 0.2) is 71.9 Å². The number of benzene rings is 2. The first-order valence-electron chi connectivity index (χ1n) is 10.4. The number of alkyl halides is 3. The highest BCUT2D eigenvalue weighted by atomic mass is 19.4. The van der Waals surface area contributed by atoms with E-state index in [9.17, 15) is 22.8 Å². The fraction of sp³-hybridized carbons (Fsp3) is 0.208. The molecule has 4 rings (SSSR count). The van der Waals surface area contributed by atoms with E-state index in [1.54, 1.807) is 6.20 Å². The number of nitrogens with zero attached hydrogens (tertiary/aromatic N) is 3. The van der Waals surface area contributed by atoms with E-state index in [2.05, 4.69) is 10.3 Å². The van der Waals surface area contributed by atoms with E-state index in [1.807, 2.05) is 30.3 Å². The lowest BCUT2D eigenvalue weighted by Gasteiger charge is -2.11. The summed E-state index contributed by atoms with van der Waals surface area (Å²) < 4.78 is 46.9. The lowest BCUT2D eigenvalue weighted by atomic mass is 10.1. The first-order chi connectivity index (χ1) is 16.3. The lowest BCUT2D eigenvalue weighted by Crippen LogP contribution is -2.26. The third-order valence-corrected chi connectivity index (χ3v) is 5.25. The van der Waals surface area contributed by atoms with Crippen LogP contribution >= 0.6 is 0 Å². The van der Waals surface area contributed by atoms with Gasteiger partial charge in [0, 0.05) is 24.6 Å². The minimum Gasteiger partial charge on any atom is -0.383 e. The predicted molar refractivity (Wildman–Crippen MR) is 121 cm³/mol. The average molecular weight is 470 g/mol. The van der Waals surface area contributed by atoms with E-state index in [4.69, 9.17) is 4.74 Å². The highest BCUT2D eigenvalue weighted by Gasteiger charge is 2.30. The van der Waals surface area contributed by atoms with Crippen LogP contribution in [0.3, 0.4) is 0 Å². The maximum absolute atomic E-state index is 13.2. The summed E-state index contributed by atoms with van der Waals surface area (Å²) >= 11 is 0. The van der Waals surface area contributed by atoms with E-state index in [1.165, 1.54) is 34.7 Å². The zero-order valence-corrected chi connectivity index (χ0v) is 18.2. The molecule has 0 radical (unpaired) electrons. The Hall–Kier alpha value is -3.92. The Morgan fingerprint density at radius 3 is 2.56 bits per heavy atom. The van der Waals surface area contributed by atoms with Crippen LogP contribution in [0.25, 0.3) is 22.2 Å². The van der Waals surface area contributed by atoms with Gasteiger partial charge in [-0.2, -0.15) is 13.2 Å². The topological polar surface area (TPSA) is 78.2 Å². The van der Waals surface area contributed by atoms with Gasteiger partial charge in [0.05, 0.1) is 25.0 Å². The molecule has 34 heavy (non-hydrogen) atoms. The van der Waals surface area contributed by atoms with Gasteiger partial charge in [0.25, 0.3) is 5.56 Å². The van der Waals surface area contributed by atoms with E-state index in [-0.39, 0.29) is 29.9 Å². The fourth-order valence-electron chi connectivity index (χ4n) is 3.65. The fourth-order valence-corrected chi connectivity index (χ4v) is 3.65. The van der Waals surface area contributed by atoms with Gasteiger partial charge in [-0.25, -0.2) is 4.98 Å². The molecular weight excluding hydrogens is 449 g/mol. The standard InChI is InChI=1S/C24H21F3N4O3/c1-34-11-10-30-15-28-21-19(16-6-3-2-4-7-16)13-31(22(21)23(30)33)14-20(32)29-18-9-5-8-17(12-18)24(25,26)27/h2-9,12-13,15H,10-11,14H2,1H3,(H,29,32). The Balaban J connectivity index is 1.71. The zero-order valence-electron chi connectivity index (χ0n) is 18.2. The van der Waals surface area contributed by atoms with Crippen LogP contribution in [0.2, 0.25) is 0 Å². The molecule has 0 fully saturated rings. The molecule has 0 saturated heterocycles. The number of hydrogen-bond acceptors (Lipinski definition) is 4. The Morgan fingerprint density at radius 1 is 1.09 bits per heavy atom. The Kier molecular flexibility index (Phi) is 6.51. The molecule has 176 valence electrons. The molecule has 2 aromatic carbocycles. The summed E-state index contributed by atoms with van der Waals surface area (Å²) in [6.45, 7) is 0.292. The Labute approximate surface area is 192 Å². The molecule has 0 bridgehead atoms. The van der Waals surface area contributed by atoms with Gasteiger partial charge in [0.1, 0.15) is 17.6 Å². The lowest BCUT2D eigenvalue weighted by molar-refractivity contribution is -0.137. The second-order valence-corrected chi connectivity index (χ2v) is 7.60. The average Bonchev–Trinajstić information content (AvgIpc) is 3.17. The molecule has 0 aliphatic heterocycles. The third-order valence-electron chi connectivity index (χ3n) is 5.25. The summed E-state index contributed by atoms with van der Waals surface area (Å²) in [5.74, 6) is -0.581. The number of methoxy groups -OCH3 is 1. The van der Waals surface area contributed by atoms with Crippen molar-refractivity contribution in [3.63, 3.8) is 0 Å². The number of anilines is 1. The van der Waals surface area contributed by atoms with E-state index in [0.717, 1.165) is 17.7 Å². The number of halogens is 3. The van der Waals surface area contributed by atoms with Gasteiger partial charge in [-0.1, -0.05) is 36.4 Å². The van der Waals surface area contributed by atoms with Crippen molar-refractivity contribution in [3.8, 4) is 11.1 Å². The molecular formula is C24H21F3N4O3. The predicted octanol–water partition coefficient (Wildman–Crippen LogP) is 4.17. The molecule has 0 unspecified atom stereocenters. The summed E-state index contributed by atoms with van der Waals surface area (Å²) in [7, 11) is 1.52. The smallest absolute Gasteiger partial charge is 0.383 e. The number of amides is 1. The number of fused-ring (bicyclic) bond motifs is 1. The van der Waals surface area contributed by atoms with Gasteiger partial charge in [0.2, 0.25) is 5.91 Å². The zero-order chi connectivity index (χ0) is 24.3. The third kappa shape index (κ3) is 4.86. The minimum atomic E-state index is -4.53. The van der Waals surface area contributed by atoms with Crippen molar-refractivity contribution in [3.05, 3.63) is 83.0 Å². The molecule has 1 amide bonds. The molecule has 2 aromatic heterocycles. The number of hydrogen-bond donors (Lipinski definition) is 1. The molecule has 0 aliphatic rings. The van der Waals surface area contributed by atoms with Gasteiger partial charge in [-0.05, 0) is 23.8 Å². The SMILES string of the molecule is COCCn1cnc2c(-c3ccccc3)cn(CC(=O)Nc3cccc(C(F)(F)F)c3)c2c1=O. The van der Waals surface area contributed by atoms with Crippen molar-refractivity contribution in [1.82, 2.24) is 14.1 Å². The summed E-state index contributed by atoms with van der Waals surface area (Å²) in [6, 6.07) is 13.6. The normalized spacial score (nSPS) is 11.6. The first kappa shape index (κ1) is 23.2. The molecule has 0 spiro atoms.